The first kappa shape index (κ1) is 14.9. The summed E-state index contributed by atoms with van der Waals surface area (Å²) in [7, 11) is 1.62. The molecule has 1 aliphatic heterocycles. The molecule has 102 valence electrons. The molecular weight excluding hydrogens is 232 g/mol. The Labute approximate surface area is 108 Å². The monoisotopic (exact) mass is 254 g/mol. The molecule has 1 rings (SSSR count). The van der Waals surface area contributed by atoms with Crippen molar-refractivity contribution in [2.75, 3.05) is 7.11 Å². The summed E-state index contributed by atoms with van der Waals surface area (Å²) in [5.74, 6) is -0.299. The lowest BCUT2D eigenvalue weighted by Gasteiger charge is -2.31. The van der Waals surface area contributed by atoms with Crippen LogP contribution in [0.4, 0.5) is 0 Å². The number of esters is 1. The molecule has 0 aromatic carbocycles. The summed E-state index contributed by atoms with van der Waals surface area (Å²) in [4.78, 5) is 12.0. The predicted molar refractivity (Wildman–Crippen MR) is 66.5 cm³/mol. The largest absolute Gasteiger partial charge is 0.460 e. The molecule has 0 amide bonds. The molecule has 18 heavy (non-hydrogen) atoms. The number of nitrogens with zero attached hydrogens (tertiary/aromatic N) is 1. The van der Waals surface area contributed by atoms with E-state index in [1.807, 2.05) is 0 Å². The molecule has 1 N–H and O–H groups in total. The summed E-state index contributed by atoms with van der Waals surface area (Å²) >= 11 is 0. The highest BCUT2D eigenvalue weighted by Gasteiger charge is 2.33. The van der Waals surface area contributed by atoms with Crippen LogP contribution in [0.1, 0.15) is 40.0 Å². The Morgan fingerprint density at radius 3 is 2.72 bits per heavy atom. The van der Waals surface area contributed by atoms with E-state index in [1.165, 1.54) is 0 Å². The van der Waals surface area contributed by atoms with E-state index in [0.717, 1.165) is 19.3 Å². The number of nitrogens with one attached hydrogen (secondary N) is 1. The zero-order chi connectivity index (χ0) is 13.8. The zero-order valence-corrected chi connectivity index (χ0v) is 11.5. The number of hydrogen-bond acceptors (Lipinski definition) is 5. The molecule has 0 radical (unpaired) electrons. The molecule has 1 fully saturated rings. The van der Waals surface area contributed by atoms with Gasteiger partial charge in [0.1, 0.15) is 18.4 Å². The number of methoxy groups -OCH3 is 1. The molecular formula is C13H22N2O3. The molecule has 2 unspecified atom stereocenters. The van der Waals surface area contributed by atoms with Crippen LogP contribution in [0.15, 0.2) is 0 Å². The fourth-order valence-corrected chi connectivity index (χ4v) is 1.76. The Morgan fingerprint density at radius 1 is 1.50 bits per heavy atom. The number of carbonyl (C=O) groups excluding carboxylic acids is 1. The van der Waals surface area contributed by atoms with E-state index in [2.05, 4.69) is 11.4 Å². The minimum absolute atomic E-state index is 0.0874. The maximum Gasteiger partial charge on any atom is 0.323 e. The summed E-state index contributed by atoms with van der Waals surface area (Å²) in [5, 5.41) is 12.1. The van der Waals surface area contributed by atoms with Crippen molar-refractivity contribution >= 4 is 5.97 Å². The Morgan fingerprint density at radius 2 is 2.17 bits per heavy atom. The number of hydrogen-bond donors (Lipinski definition) is 1. The first-order valence-electron chi connectivity index (χ1n) is 6.31. The minimum atomic E-state index is -0.676. The molecule has 1 heterocycles. The van der Waals surface area contributed by atoms with E-state index in [9.17, 15) is 4.79 Å². The quantitative estimate of drug-likeness (QED) is 0.771. The highest BCUT2D eigenvalue weighted by Crippen LogP contribution is 2.23. The maximum absolute atomic E-state index is 12.0. The van der Waals surface area contributed by atoms with Crippen molar-refractivity contribution < 1.29 is 14.3 Å². The first-order valence-corrected chi connectivity index (χ1v) is 6.31. The van der Waals surface area contributed by atoms with Gasteiger partial charge in [-0.05, 0) is 40.0 Å². The van der Waals surface area contributed by atoms with Gasteiger partial charge in [0.15, 0.2) is 0 Å². The molecule has 0 aliphatic carbocycles. The van der Waals surface area contributed by atoms with E-state index in [0.29, 0.717) is 0 Å². The fraction of sp³-hybridized carbons (Fsp3) is 0.846. The third kappa shape index (κ3) is 3.69. The predicted octanol–water partition coefficient (Wildman–Crippen LogP) is 1.58. The van der Waals surface area contributed by atoms with Gasteiger partial charge < -0.3 is 9.47 Å². The molecule has 5 nitrogen and oxygen atoms in total. The van der Waals surface area contributed by atoms with Gasteiger partial charge in [0.2, 0.25) is 0 Å². The molecule has 0 aromatic heterocycles. The van der Waals surface area contributed by atoms with Crippen LogP contribution in [0.5, 0.6) is 0 Å². The Bertz CT molecular complexity index is 336. The highest BCUT2D eigenvalue weighted by atomic mass is 16.5. The normalized spacial score (nSPS) is 26.2. The van der Waals surface area contributed by atoms with E-state index in [4.69, 9.17) is 14.7 Å². The van der Waals surface area contributed by atoms with Gasteiger partial charge in [-0.2, -0.15) is 5.26 Å². The number of nitriles is 1. The first-order chi connectivity index (χ1) is 8.40. The smallest absolute Gasteiger partial charge is 0.323 e. The number of carbonyl (C=O) groups is 1. The molecule has 3 atom stereocenters. The number of rotatable bonds is 4. The Kier molecular flexibility index (Phi) is 5.12. The van der Waals surface area contributed by atoms with Crippen molar-refractivity contribution in [1.29, 1.82) is 5.26 Å². The summed E-state index contributed by atoms with van der Waals surface area (Å²) in [6.07, 6.45) is 2.06. The second-order valence-corrected chi connectivity index (χ2v) is 5.29. The van der Waals surface area contributed by atoms with Crippen LogP contribution in [-0.2, 0) is 14.3 Å². The summed E-state index contributed by atoms with van der Waals surface area (Å²) < 4.78 is 10.6. The summed E-state index contributed by atoms with van der Waals surface area (Å²) in [6, 6.07) is 1.81. The van der Waals surface area contributed by atoms with E-state index >= 15 is 0 Å². The number of ether oxygens (including phenoxy) is 2. The van der Waals surface area contributed by atoms with Crippen LogP contribution in [0.25, 0.3) is 0 Å². The Balaban J connectivity index is 2.53. The molecule has 5 heteroatoms. The molecule has 1 aliphatic rings. The topological polar surface area (TPSA) is 71.3 Å². The molecule has 0 aromatic rings. The van der Waals surface area contributed by atoms with Crippen molar-refractivity contribution in [3.8, 4) is 6.07 Å². The molecule has 0 saturated carbocycles. The SMILES string of the molecule is COC1CCCC(C(=O)O[C@@H](C)C(C)(C)C#N)N1. The van der Waals surface area contributed by atoms with Crippen LogP contribution < -0.4 is 5.32 Å². The highest BCUT2D eigenvalue weighted by molar-refractivity contribution is 5.76. The van der Waals surface area contributed by atoms with Gasteiger partial charge in [-0.3, -0.25) is 10.1 Å². The molecule has 1 saturated heterocycles. The van der Waals surface area contributed by atoms with Crippen molar-refractivity contribution in [3.63, 3.8) is 0 Å². The molecule has 0 spiro atoms. The standard InChI is InChI=1S/C13H22N2O3/c1-9(13(2,3)8-14)18-12(16)10-6-5-7-11(15-10)17-4/h9-11,15H,5-7H2,1-4H3/t9-,10?,11?/m0/s1. The van der Waals surface area contributed by atoms with Crippen molar-refractivity contribution in [2.45, 2.75) is 58.4 Å². The van der Waals surface area contributed by atoms with Gasteiger partial charge in [0.25, 0.3) is 0 Å². The third-order valence-corrected chi connectivity index (χ3v) is 3.51. The van der Waals surface area contributed by atoms with Crippen LogP contribution in [0, 0.1) is 16.7 Å². The van der Waals surface area contributed by atoms with Gasteiger partial charge in [0, 0.05) is 7.11 Å². The average Bonchev–Trinajstić information content (AvgIpc) is 2.38. The minimum Gasteiger partial charge on any atom is -0.460 e. The third-order valence-electron chi connectivity index (χ3n) is 3.51. The van der Waals surface area contributed by atoms with Crippen LogP contribution in [-0.4, -0.2) is 31.5 Å². The lowest BCUT2D eigenvalue weighted by molar-refractivity contribution is -0.157. The average molecular weight is 254 g/mol. The van der Waals surface area contributed by atoms with Gasteiger partial charge in [0.05, 0.1) is 11.5 Å². The van der Waals surface area contributed by atoms with E-state index in [-0.39, 0.29) is 18.2 Å². The second kappa shape index (κ2) is 6.17. The van der Waals surface area contributed by atoms with Crippen LogP contribution in [0.3, 0.4) is 0 Å². The van der Waals surface area contributed by atoms with Gasteiger partial charge >= 0.3 is 5.97 Å². The van der Waals surface area contributed by atoms with Gasteiger partial charge in [-0.15, -0.1) is 0 Å². The summed E-state index contributed by atoms with van der Waals surface area (Å²) in [5.41, 5.74) is -0.676. The lowest BCUT2D eigenvalue weighted by atomic mass is 9.89. The van der Waals surface area contributed by atoms with Crippen molar-refractivity contribution in [2.24, 2.45) is 5.41 Å². The van der Waals surface area contributed by atoms with E-state index < -0.39 is 11.5 Å². The fourth-order valence-electron chi connectivity index (χ4n) is 1.76. The van der Waals surface area contributed by atoms with Crippen LogP contribution in [0.2, 0.25) is 0 Å². The van der Waals surface area contributed by atoms with Gasteiger partial charge in [-0.1, -0.05) is 0 Å². The van der Waals surface area contributed by atoms with Crippen LogP contribution >= 0.6 is 0 Å². The summed E-state index contributed by atoms with van der Waals surface area (Å²) in [6.45, 7) is 5.27. The molecule has 0 bridgehead atoms. The number of piperidine rings is 1. The zero-order valence-electron chi connectivity index (χ0n) is 11.5. The second-order valence-electron chi connectivity index (χ2n) is 5.29. The van der Waals surface area contributed by atoms with E-state index in [1.54, 1.807) is 27.9 Å². The van der Waals surface area contributed by atoms with Gasteiger partial charge in [-0.25, -0.2) is 0 Å². The van der Waals surface area contributed by atoms with Crippen molar-refractivity contribution in [1.82, 2.24) is 5.32 Å². The maximum atomic E-state index is 12.0. The Hall–Kier alpha value is -1.12. The lowest BCUT2D eigenvalue weighted by Crippen LogP contribution is -2.49. The van der Waals surface area contributed by atoms with Crippen molar-refractivity contribution in [3.05, 3.63) is 0 Å².